The van der Waals surface area contributed by atoms with E-state index in [1.165, 1.54) is 23.3 Å². The molecule has 0 atom stereocenters. The lowest BCUT2D eigenvalue weighted by atomic mass is 9.97. The standard InChI is InChI=1S/C22H27N3O2S/c1-3-13-25-21(26)19-17-7-5-6-8-18(17)28-20(19)24-22(25)23-14-15-9-11-16(12-10-15)27-4-2/h9-12H,3-8,13-14H2,1-2H3,(H,23,24). The molecule has 1 aromatic carbocycles. The minimum absolute atomic E-state index is 0.112. The number of benzene rings is 1. The van der Waals surface area contributed by atoms with Crippen LogP contribution in [0.5, 0.6) is 5.75 Å². The third-order valence-corrected chi connectivity index (χ3v) is 6.39. The number of ether oxygens (including phenoxy) is 1. The molecule has 5 nitrogen and oxygen atoms in total. The molecule has 1 N–H and O–H groups in total. The Hall–Kier alpha value is -2.34. The second-order valence-electron chi connectivity index (χ2n) is 7.21. The van der Waals surface area contributed by atoms with Crippen LogP contribution in [0.4, 0.5) is 5.95 Å². The highest BCUT2D eigenvalue weighted by molar-refractivity contribution is 7.18. The SMILES string of the molecule is CCCn1c(NCc2ccc(OCC)cc2)nc2sc3c(c2c1=O)CCCC3. The Morgan fingerprint density at radius 2 is 1.96 bits per heavy atom. The molecule has 3 aromatic rings. The monoisotopic (exact) mass is 397 g/mol. The Morgan fingerprint density at radius 3 is 2.71 bits per heavy atom. The van der Waals surface area contributed by atoms with Crippen LogP contribution in [-0.4, -0.2) is 16.2 Å². The van der Waals surface area contributed by atoms with Gasteiger partial charge in [-0.3, -0.25) is 9.36 Å². The van der Waals surface area contributed by atoms with Crippen LogP contribution in [0.1, 0.15) is 49.1 Å². The van der Waals surface area contributed by atoms with Crippen molar-refractivity contribution in [1.82, 2.24) is 9.55 Å². The molecule has 1 aliphatic rings. The average molecular weight is 398 g/mol. The number of hydrogen-bond acceptors (Lipinski definition) is 5. The van der Waals surface area contributed by atoms with E-state index in [0.717, 1.165) is 40.8 Å². The summed E-state index contributed by atoms with van der Waals surface area (Å²) in [6.07, 6.45) is 5.38. The maximum absolute atomic E-state index is 13.3. The summed E-state index contributed by atoms with van der Waals surface area (Å²) in [5, 5.41) is 4.26. The Morgan fingerprint density at radius 1 is 1.18 bits per heavy atom. The van der Waals surface area contributed by atoms with Gasteiger partial charge in [0.15, 0.2) is 0 Å². The molecule has 0 spiro atoms. The van der Waals surface area contributed by atoms with Gasteiger partial charge < -0.3 is 10.1 Å². The van der Waals surface area contributed by atoms with E-state index >= 15 is 0 Å². The maximum Gasteiger partial charge on any atom is 0.263 e. The first-order chi connectivity index (χ1) is 13.7. The number of fused-ring (bicyclic) bond motifs is 3. The highest BCUT2D eigenvalue weighted by atomic mass is 32.1. The van der Waals surface area contributed by atoms with Crippen LogP contribution < -0.4 is 15.6 Å². The van der Waals surface area contributed by atoms with E-state index in [-0.39, 0.29) is 5.56 Å². The first-order valence-corrected chi connectivity index (χ1v) is 11.0. The van der Waals surface area contributed by atoms with Crippen molar-refractivity contribution in [1.29, 1.82) is 0 Å². The number of aromatic nitrogens is 2. The molecule has 2 aromatic heterocycles. The van der Waals surface area contributed by atoms with Crippen molar-refractivity contribution in [3.63, 3.8) is 0 Å². The lowest BCUT2D eigenvalue weighted by molar-refractivity contribution is 0.340. The number of thiophene rings is 1. The summed E-state index contributed by atoms with van der Waals surface area (Å²) in [5.74, 6) is 1.55. The van der Waals surface area contributed by atoms with Gasteiger partial charge in [0.05, 0.1) is 12.0 Å². The largest absolute Gasteiger partial charge is 0.494 e. The van der Waals surface area contributed by atoms with Crippen molar-refractivity contribution in [3.8, 4) is 5.75 Å². The van der Waals surface area contributed by atoms with Crippen LogP contribution in [-0.2, 0) is 25.9 Å². The molecule has 0 bridgehead atoms. The lowest BCUT2D eigenvalue weighted by Gasteiger charge is -2.14. The van der Waals surface area contributed by atoms with Crippen molar-refractivity contribution in [2.45, 2.75) is 59.0 Å². The number of rotatable bonds is 7. The summed E-state index contributed by atoms with van der Waals surface area (Å²) in [7, 11) is 0. The first-order valence-electron chi connectivity index (χ1n) is 10.2. The molecule has 0 saturated carbocycles. The van der Waals surface area contributed by atoms with E-state index in [0.29, 0.717) is 25.6 Å². The second-order valence-corrected chi connectivity index (χ2v) is 8.30. The molecule has 0 fully saturated rings. The van der Waals surface area contributed by atoms with Crippen LogP contribution in [0.15, 0.2) is 29.1 Å². The normalized spacial score (nSPS) is 13.5. The van der Waals surface area contributed by atoms with Gasteiger partial charge in [0, 0.05) is 18.0 Å². The van der Waals surface area contributed by atoms with Gasteiger partial charge in [-0.15, -0.1) is 11.3 Å². The van der Waals surface area contributed by atoms with E-state index in [1.54, 1.807) is 11.3 Å². The fourth-order valence-electron chi connectivity index (χ4n) is 3.86. The predicted octanol–water partition coefficient (Wildman–Crippen LogP) is 4.76. The quantitative estimate of drug-likeness (QED) is 0.625. The third kappa shape index (κ3) is 3.65. The van der Waals surface area contributed by atoms with Crippen molar-refractivity contribution >= 4 is 27.5 Å². The number of nitrogens with one attached hydrogen (secondary N) is 1. The van der Waals surface area contributed by atoms with Gasteiger partial charge in [-0.05, 0) is 62.3 Å². The predicted molar refractivity (Wildman–Crippen MR) is 116 cm³/mol. The second kappa shape index (κ2) is 8.35. The van der Waals surface area contributed by atoms with E-state index in [2.05, 4.69) is 12.2 Å². The van der Waals surface area contributed by atoms with Crippen LogP contribution in [0.3, 0.4) is 0 Å². The van der Waals surface area contributed by atoms with Crippen LogP contribution >= 0.6 is 11.3 Å². The Balaban J connectivity index is 1.65. The van der Waals surface area contributed by atoms with E-state index < -0.39 is 0 Å². The van der Waals surface area contributed by atoms with Gasteiger partial charge in [-0.1, -0.05) is 19.1 Å². The van der Waals surface area contributed by atoms with E-state index in [1.807, 2.05) is 35.8 Å². The summed E-state index contributed by atoms with van der Waals surface area (Å²) in [6, 6.07) is 8.04. The number of hydrogen-bond donors (Lipinski definition) is 1. The zero-order valence-electron chi connectivity index (χ0n) is 16.6. The Kier molecular flexibility index (Phi) is 5.67. The number of anilines is 1. The maximum atomic E-state index is 13.3. The lowest BCUT2D eigenvalue weighted by Crippen LogP contribution is -2.25. The molecule has 148 valence electrons. The van der Waals surface area contributed by atoms with E-state index in [9.17, 15) is 4.79 Å². The number of aryl methyl sites for hydroxylation is 2. The topological polar surface area (TPSA) is 56.1 Å². The molecule has 0 amide bonds. The summed E-state index contributed by atoms with van der Waals surface area (Å²) in [5.41, 5.74) is 2.50. The zero-order valence-corrected chi connectivity index (χ0v) is 17.4. The van der Waals surface area contributed by atoms with Gasteiger partial charge >= 0.3 is 0 Å². The molecular weight excluding hydrogens is 370 g/mol. The van der Waals surface area contributed by atoms with Crippen LogP contribution in [0, 0.1) is 0 Å². The summed E-state index contributed by atoms with van der Waals surface area (Å²) in [6.45, 7) is 6.04. The Bertz CT molecular complexity index is 1020. The van der Waals surface area contributed by atoms with Crippen molar-refractivity contribution in [2.24, 2.45) is 0 Å². The highest BCUT2D eigenvalue weighted by Gasteiger charge is 2.21. The van der Waals surface area contributed by atoms with Crippen LogP contribution in [0.2, 0.25) is 0 Å². The van der Waals surface area contributed by atoms with Crippen molar-refractivity contribution in [2.75, 3.05) is 11.9 Å². The van der Waals surface area contributed by atoms with E-state index in [4.69, 9.17) is 9.72 Å². The minimum Gasteiger partial charge on any atom is -0.494 e. The first kappa shape index (κ1) is 19.0. The Labute approximate surface area is 169 Å². The average Bonchev–Trinajstić information content (AvgIpc) is 3.09. The fourth-order valence-corrected chi connectivity index (χ4v) is 5.11. The zero-order chi connectivity index (χ0) is 19.5. The summed E-state index contributed by atoms with van der Waals surface area (Å²) in [4.78, 5) is 20.4. The van der Waals surface area contributed by atoms with Crippen molar-refractivity contribution < 1.29 is 4.74 Å². The molecule has 0 aliphatic heterocycles. The van der Waals surface area contributed by atoms with Gasteiger partial charge in [0.25, 0.3) is 5.56 Å². The van der Waals surface area contributed by atoms with Gasteiger partial charge in [-0.25, -0.2) is 4.98 Å². The van der Waals surface area contributed by atoms with Gasteiger partial charge in [0.1, 0.15) is 10.6 Å². The fraction of sp³-hybridized carbons (Fsp3) is 0.455. The molecule has 1 aliphatic carbocycles. The highest BCUT2D eigenvalue weighted by Crippen LogP contribution is 2.34. The van der Waals surface area contributed by atoms with Crippen LogP contribution in [0.25, 0.3) is 10.2 Å². The summed E-state index contributed by atoms with van der Waals surface area (Å²) < 4.78 is 7.32. The minimum atomic E-state index is 0.112. The molecule has 28 heavy (non-hydrogen) atoms. The van der Waals surface area contributed by atoms with Crippen molar-refractivity contribution in [3.05, 3.63) is 50.6 Å². The summed E-state index contributed by atoms with van der Waals surface area (Å²) >= 11 is 1.70. The third-order valence-electron chi connectivity index (χ3n) is 5.21. The molecule has 6 heteroatoms. The smallest absolute Gasteiger partial charge is 0.263 e. The molecule has 2 heterocycles. The molecule has 0 radical (unpaired) electrons. The molecule has 4 rings (SSSR count). The molecule has 0 saturated heterocycles. The molecular formula is C22H27N3O2S. The molecule has 0 unspecified atom stereocenters. The van der Waals surface area contributed by atoms with Gasteiger partial charge in [0.2, 0.25) is 5.95 Å². The van der Waals surface area contributed by atoms with Gasteiger partial charge in [-0.2, -0.15) is 0 Å². The number of nitrogens with zero attached hydrogens (tertiary/aromatic N) is 2.